The first-order valence-electron chi connectivity index (χ1n) is 10.4. The van der Waals surface area contributed by atoms with E-state index in [-0.39, 0.29) is 5.82 Å². The molecule has 0 bridgehead atoms. The Morgan fingerprint density at radius 2 is 1.26 bits per heavy atom. The fourth-order valence-electron chi connectivity index (χ4n) is 3.87. The van der Waals surface area contributed by atoms with Crippen LogP contribution in [0, 0.1) is 13.8 Å². The highest BCUT2D eigenvalue weighted by Gasteiger charge is 2.34. The zero-order valence-electron chi connectivity index (χ0n) is 18.0. The third kappa shape index (κ3) is 4.97. The van der Waals surface area contributed by atoms with Gasteiger partial charge >= 0.3 is 6.18 Å². The van der Waals surface area contributed by atoms with Gasteiger partial charge in [0.15, 0.2) is 0 Å². The van der Waals surface area contributed by atoms with Crippen LogP contribution in [-0.2, 0) is 6.18 Å². The highest BCUT2D eigenvalue weighted by atomic mass is 19.4. The molecule has 31 heavy (non-hydrogen) atoms. The molecular formula is C20H27F3N8. The fraction of sp³-hybridized carbons (Fsp3) is 0.600. The zero-order valence-corrected chi connectivity index (χ0v) is 18.0. The van der Waals surface area contributed by atoms with Gasteiger partial charge in [0.1, 0.15) is 23.2 Å². The van der Waals surface area contributed by atoms with Crippen LogP contribution in [0.1, 0.15) is 17.2 Å². The Morgan fingerprint density at radius 3 is 1.87 bits per heavy atom. The molecule has 8 nitrogen and oxygen atoms in total. The maximum absolute atomic E-state index is 13.1. The Bertz CT molecular complexity index is 919. The number of piperazine rings is 2. The quantitative estimate of drug-likeness (QED) is 0.724. The molecule has 4 heterocycles. The van der Waals surface area contributed by atoms with Crippen LogP contribution in [0.25, 0.3) is 0 Å². The van der Waals surface area contributed by atoms with Gasteiger partial charge in [-0.2, -0.15) is 18.2 Å². The number of likely N-dealkylation sites (N-methyl/N-ethyl adjacent to an activating group) is 1. The largest absolute Gasteiger partial charge is 0.433 e. The molecule has 0 amide bonds. The van der Waals surface area contributed by atoms with Gasteiger partial charge in [0.2, 0.25) is 5.95 Å². The topological polar surface area (TPSA) is 64.5 Å². The van der Waals surface area contributed by atoms with Crippen LogP contribution < -0.4 is 14.7 Å². The predicted molar refractivity (Wildman–Crippen MR) is 113 cm³/mol. The molecule has 0 unspecified atom stereocenters. The maximum atomic E-state index is 13.1. The Labute approximate surface area is 179 Å². The average Bonchev–Trinajstić information content (AvgIpc) is 2.73. The van der Waals surface area contributed by atoms with Gasteiger partial charge in [-0.25, -0.2) is 15.0 Å². The van der Waals surface area contributed by atoms with E-state index in [1.54, 1.807) is 0 Å². The van der Waals surface area contributed by atoms with Crippen molar-refractivity contribution in [2.75, 3.05) is 74.1 Å². The summed E-state index contributed by atoms with van der Waals surface area (Å²) in [7, 11) is 2.12. The first-order valence-corrected chi connectivity index (χ1v) is 10.4. The molecule has 0 spiro atoms. The molecule has 0 aliphatic carbocycles. The van der Waals surface area contributed by atoms with Gasteiger partial charge in [0.05, 0.1) is 0 Å². The van der Waals surface area contributed by atoms with E-state index in [2.05, 4.69) is 36.7 Å². The van der Waals surface area contributed by atoms with Gasteiger partial charge < -0.3 is 19.6 Å². The van der Waals surface area contributed by atoms with Crippen molar-refractivity contribution in [3.05, 3.63) is 29.3 Å². The lowest BCUT2D eigenvalue weighted by Gasteiger charge is -2.37. The second-order valence-electron chi connectivity index (χ2n) is 8.09. The van der Waals surface area contributed by atoms with Crippen molar-refractivity contribution in [1.29, 1.82) is 0 Å². The molecule has 2 aromatic rings. The van der Waals surface area contributed by atoms with E-state index in [9.17, 15) is 13.2 Å². The number of nitrogens with zero attached hydrogens (tertiary/aromatic N) is 8. The minimum absolute atomic E-state index is 0.117. The number of hydrogen-bond acceptors (Lipinski definition) is 8. The lowest BCUT2D eigenvalue weighted by Crippen LogP contribution is -2.48. The molecule has 2 aliphatic heterocycles. The summed E-state index contributed by atoms with van der Waals surface area (Å²) in [4.78, 5) is 25.7. The summed E-state index contributed by atoms with van der Waals surface area (Å²) in [5.74, 6) is 2.02. The normalized spacial score (nSPS) is 18.6. The Balaban J connectivity index is 1.46. The lowest BCUT2D eigenvalue weighted by atomic mass is 10.3. The SMILES string of the molecule is Cc1cc(N2CCN(C)CC2)nc(N2CCN(c3cc(C(F)(F)F)nc(C)n3)CC2)n1. The monoisotopic (exact) mass is 436 g/mol. The van der Waals surface area contributed by atoms with Crippen LogP contribution >= 0.6 is 0 Å². The smallest absolute Gasteiger partial charge is 0.354 e. The van der Waals surface area contributed by atoms with Crippen molar-refractivity contribution in [3.63, 3.8) is 0 Å². The molecule has 2 aromatic heterocycles. The number of alkyl halides is 3. The molecule has 0 N–H and O–H groups in total. The molecular weight excluding hydrogens is 409 g/mol. The molecule has 11 heteroatoms. The molecule has 0 aromatic carbocycles. The molecule has 0 saturated carbocycles. The van der Waals surface area contributed by atoms with E-state index in [1.165, 1.54) is 6.92 Å². The van der Waals surface area contributed by atoms with Crippen molar-refractivity contribution >= 4 is 17.6 Å². The third-order valence-corrected chi connectivity index (χ3v) is 5.66. The molecule has 2 saturated heterocycles. The highest BCUT2D eigenvalue weighted by Crippen LogP contribution is 2.30. The lowest BCUT2D eigenvalue weighted by molar-refractivity contribution is -0.141. The summed E-state index contributed by atoms with van der Waals surface area (Å²) in [6.07, 6.45) is -4.49. The van der Waals surface area contributed by atoms with E-state index in [0.717, 1.165) is 43.8 Å². The van der Waals surface area contributed by atoms with E-state index in [0.29, 0.717) is 37.9 Å². The number of rotatable bonds is 3. The van der Waals surface area contributed by atoms with E-state index >= 15 is 0 Å². The summed E-state index contributed by atoms with van der Waals surface area (Å²) in [5.41, 5.74) is -0.00105. The second kappa shape index (κ2) is 8.45. The molecule has 2 aliphatic rings. The first-order chi connectivity index (χ1) is 14.7. The second-order valence-corrected chi connectivity index (χ2v) is 8.09. The van der Waals surface area contributed by atoms with Crippen molar-refractivity contribution in [2.45, 2.75) is 20.0 Å². The number of aryl methyl sites for hydroxylation is 2. The highest BCUT2D eigenvalue weighted by molar-refractivity contribution is 5.48. The Kier molecular flexibility index (Phi) is 5.87. The van der Waals surface area contributed by atoms with Crippen molar-refractivity contribution in [3.8, 4) is 0 Å². The summed E-state index contributed by atoms with van der Waals surface area (Å²) in [5, 5.41) is 0. The van der Waals surface area contributed by atoms with Gasteiger partial charge in [-0.15, -0.1) is 0 Å². The number of anilines is 3. The summed E-state index contributed by atoms with van der Waals surface area (Å²) < 4.78 is 39.3. The van der Waals surface area contributed by atoms with Crippen LogP contribution in [0.2, 0.25) is 0 Å². The van der Waals surface area contributed by atoms with Crippen LogP contribution in [0.15, 0.2) is 12.1 Å². The molecule has 168 valence electrons. The van der Waals surface area contributed by atoms with Crippen LogP contribution in [0.4, 0.5) is 30.8 Å². The zero-order chi connectivity index (χ0) is 22.2. The van der Waals surface area contributed by atoms with Gasteiger partial charge in [0, 0.05) is 70.2 Å². The number of aromatic nitrogens is 4. The summed E-state index contributed by atoms with van der Waals surface area (Å²) in [6.45, 7) is 9.57. The molecule has 0 atom stereocenters. The van der Waals surface area contributed by atoms with Gasteiger partial charge in [0.25, 0.3) is 0 Å². The standard InChI is InChI=1S/C20H27F3N8/c1-14-12-17(29-6-4-28(3)5-7-29)27-19(24-14)31-10-8-30(9-11-31)18-13-16(20(21,22)23)25-15(2)26-18/h12-13H,4-11H2,1-3H3. The van der Waals surface area contributed by atoms with Gasteiger partial charge in [-0.1, -0.05) is 0 Å². The predicted octanol–water partition coefficient (Wildman–Crippen LogP) is 1.98. The van der Waals surface area contributed by atoms with Crippen LogP contribution in [0.5, 0.6) is 0 Å². The maximum Gasteiger partial charge on any atom is 0.433 e. The number of halogens is 3. The minimum Gasteiger partial charge on any atom is -0.354 e. The average molecular weight is 436 g/mol. The number of hydrogen-bond donors (Lipinski definition) is 0. The first kappa shape index (κ1) is 21.5. The van der Waals surface area contributed by atoms with Crippen molar-refractivity contribution in [1.82, 2.24) is 24.8 Å². The van der Waals surface area contributed by atoms with Crippen LogP contribution in [0.3, 0.4) is 0 Å². The molecule has 0 radical (unpaired) electrons. The Morgan fingerprint density at radius 1 is 0.710 bits per heavy atom. The van der Waals surface area contributed by atoms with Gasteiger partial charge in [-0.3, -0.25) is 0 Å². The minimum atomic E-state index is -4.49. The van der Waals surface area contributed by atoms with E-state index < -0.39 is 11.9 Å². The molecule has 2 fully saturated rings. The van der Waals surface area contributed by atoms with Gasteiger partial charge in [-0.05, 0) is 20.9 Å². The van der Waals surface area contributed by atoms with E-state index in [4.69, 9.17) is 4.98 Å². The van der Waals surface area contributed by atoms with Crippen LogP contribution in [-0.4, -0.2) is 84.2 Å². The molecule has 4 rings (SSSR count). The van der Waals surface area contributed by atoms with Crippen molar-refractivity contribution < 1.29 is 13.2 Å². The fourth-order valence-corrected chi connectivity index (χ4v) is 3.87. The Hall–Kier alpha value is -2.69. The van der Waals surface area contributed by atoms with Crippen molar-refractivity contribution in [2.24, 2.45) is 0 Å². The summed E-state index contributed by atoms with van der Waals surface area (Å²) >= 11 is 0. The van der Waals surface area contributed by atoms with E-state index in [1.807, 2.05) is 17.9 Å². The summed E-state index contributed by atoms with van der Waals surface area (Å²) in [6, 6.07) is 3.03. The third-order valence-electron chi connectivity index (χ3n) is 5.66.